The average molecular weight is 588 g/mol. The van der Waals surface area contributed by atoms with E-state index in [1.807, 2.05) is 43.7 Å². The van der Waals surface area contributed by atoms with Crippen LogP contribution in [0.1, 0.15) is 55.3 Å². The van der Waals surface area contributed by atoms with Crippen LogP contribution in [0.3, 0.4) is 0 Å². The number of rotatable bonds is 5. The van der Waals surface area contributed by atoms with Gasteiger partial charge >= 0.3 is 0 Å². The Hall–Kier alpha value is -4.63. The lowest BCUT2D eigenvalue weighted by molar-refractivity contribution is -0.124. The average Bonchev–Trinajstić information content (AvgIpc) is 3.44. The van der Waals surface area contributed by atoms with E-state index in [4.69, 9.17) is 4.98 Å². The maximum Gasteiger partial charge on any atom is 0.263 e. The Kier molecular flexibility index (Phi) is 6.93. The predicted molar refractivity (Wildman–Crippen MR) is 172 cm³/mol. The van der Waals surface area contributed by atoms with Crippen LogP contribution in [0, 0.1) is 0 Å². The van der Waals surface area contributed by atoms with Gasteiger partial charge in [0.05, 0.1) is 5.56 Å². The molecule has 0 saturated carbocycles. The smallest absolute Gasteiger partial charge is 0.263 e. The zero-order chi connectivity index (χ0) is 30.6. The molecule has 9 nitrogen and oxygen atoms in total. The van der Waals surface area contributed by atoms with E-state index < -0.39 is 11.5 Å². The Bertz CT molecular complexity index is 1930. The second-order valence-electron chi connectivity index (χ2n) is 12.8. The van der Waals surface area contributed by atoms with Crippen LogP contribution in [0.25, 0.3) is 22.4 Å². The molecule has 2 aliphatic rings. The summed E-state index contributed by atoms with van der Waals surface area (Å²) in [5, 5.41) is 3.99. The third kappa shape index (κ3) is 4.81. The first-order valence-corrected chi connectivity index (χ1v) is 15.3. The largest absolute Gasteiger partial charge is 0.334 e. The minimum absolute atomic E-state index is 0.0216. The number of fused-ring (bicyclic) bond motifs is 2. The van der Waals surface area contributed by atoms with Crippen LogP contribution in [-0.2, 0) is 23.7 Å². The molecule has 0 spiro atoms. The molecule has 4 heterocycles. The van der Waals surface area contributed by atoms with Gasteiger partial charge in [0.1, 0.15) is 17.5 Å². The van der Waals surface area contributed by atoms with Crippen molar-refractivity contribution in [2.45, 2.75) is 50.5 Å². The van der Waals surface area contributed by atoms with Gasteiger partial charge in [-0.25, -0.2) is 9.97 Å². The summed E-state index contributed by atoms with van der Waals surface area (Å²) in [6.45, 7) is 6.30. The molecule has 1 saturated heterocycles. The highest BCUT2D eigenvalue weighted by Crippen LogP contribution is 2.43. The molecule has 1 unspecified atom stereocenters. The van der Waals surface area contributed by atoms with Gasteiger partial charge in [0, 0.05) is 48.5 Å². The third-order valence-electron chi connectivity index (χ3n) is 9.52. The monoisotopic (exact) mass is 587 g/mol. The molecule has 0 bridgehead atoms. The lowest BCUT2D eigenvalue weighted by Crippen LogP contribution is -2.46. The van der Waals surface area contributed by atoms with Gasteiger partial charge in [-0.1, -0.05) is 50.2 Å². The van der Waals surface area contributed by atoms with Gasteiger partial charge < -0.3 is 14.8 Å². The summed E-state index contributed by atoms with van der Waals surface area (Å²) in [6.07, 6.45) is 7.76. The summed E-state index contributed by atoms with van der Waals surface area (Å²) >= 11 is 0. The molecule has 1 aliphatic carbocycles. The molecule has 2 aromatic carbocycles. The first-order valence-electron chi connectivity index (χ1n) is 15.3. The van der Waals surface area contributed by atoms with Crippen molar-refractivity contribution < 1.29 is 4.79 Å². The highest BCUT2D eigenvalue weighted by atomic mass is 16.1. The van der Waals surface area contributed by atoms with Gasteiger partial charge in [-0.2, -0.15) is 4.98 Å². The van der Waals surface area contributed by atoms with Crippen molar-refractivity contribution >= 4 is 28.5 Å². The van der Waals surface area contributed by atoms with E-state index in [0.29, 0.717) is 34.3 Å². The second-order valence-corrected chi connectivity index (χ2v) is 12.8. The number of ketones is 1. The molecule has 1 N–H and O–H groups in total. The third-order valence-corrected chi connectivity index (χ3v) is 9.52. The Labute approximate surface area is 256 Å². The van der Waals surface area contributed by atoms with Crippen LogP contribution in [0.15, 0.2) is 78.0 Å². The Morgan fingerprint density at radius 2 is 1.70 bits per heavy atom. The number of carbonyl (C=O) groups excluding carboxylic acids is 1. The molecular formula is C35H37N7O2. The van der Waals surface area contributed by atoms with Crippen LogP contribution in [0.4, 0.5) is 11.6 Å². The van der Waals surface area contributed by atoms with Gasteiger partial charge in [-0.3, -0.25) is 14.2 Å². The SMILES string of the molecule is CN1CCC(c2ccc(Nc3ncc4cc(-c5nccn5C)c(=O)n(C5C(=O)Cc6ccccc6C5(C)C)c4n3)cc2)CC1. The lowest BCUT2D eigenvalue weighted by Gasteiger charge is -2.40. The van der Waals surface area contributed by atoms with E-state index in [2.05, 4.69) is 57.6 Å². The number of likely N-dealkylation sites (tertiary alicyclic amines) is 1. The predicted octanol–water partition coefficient (Wildman–Crippen LogP) is 5.39. The van der Waals surface area contributed by atoms with Crippen LogP contribution in [0.2, 0.25) is 0 Å². The summed E-state index contributed by atoms with van der Waals surface area (Å²) in [5.41, 5.74) is 4.12. The first-order chi connectivity index (χ1) is 21.2. The fraction of sp³-hybridized carbons (Fsp3) is 0.343. The maximum atomic E-state index is 14.4. The normalized spacial score (nSPS) is 18.8. The van der Waals surface area contributed by atoms with Gasteiger partial charge in [0.2, 0.25) is 5.95 Å². The summed E-state index contributed by atoms with van der Waals surface area (Å²) in [6, 6.07) is 17.5. The van der Waals surface area contributed by atoms with E-state index in [1.165, 1.54) is 5.56 Å². The molecule has 1 aliphatic heterocycles. The van der Waals surface area contributed by atoms with Gasteiger partial charge in [0.15, 0.2) is 5.78 Å². The van der Waals surface area contributed by atoms with E-state index in [9.17, 15) is 9.59 Å². The molecule has 1 atom stereocenters. The number of carbonyl (C=O) groups is 1. The van der Waals surface area contributed by atoms with Crippen molar-refractivity contribution in [1.29, 1.82) is 0 Å². The number of anilines is 2. The van der Waals surface area contributed by atoms with Gasteiger partial charge in [0.25, 0.3) is 5.56 Å². The molecule has 0 radical (unpaired) electrons. The molecule has 1 fully saturated rings. The number of aromatic nitrogens is 5. The number of aryl methyl sites for hydroxylation is 1. The van der Waals surface area contributed by atoms with Crippen LogP contribution < -0.4 is 10.9 Å². The van der Waals surface area contributed by atoms with E-state index in [1.54, 1.807) is 29.2 Å². The number of hydrogen-bond acceptors (Lipinski definition) is 7. The summed E-state index contributed by atoms with van der Waals surface area (Å²) < 4.78 is 3.40. The standard InChI is InChI=1S/C35H37N7O2/c1-35(2)28-8-6-5-7-24(28)20-29(43)30(35)42-31-25(19-27(33(42)44)32-36-15-18-41(32)4)21-37-34(39-31)38-26-11-9-22(10-12-26)23-13-16-40(3)17-14-23/h5-12,15,18-19,21,23,30H,13-14,16-17,20H2,1-4H3,(H,37,38,39). The number of benzene rings is 2. The Balaban J connectivity index is 1.32. The van der Waals surface area contributed by atoms with Crippen molar-refractivity contribution in [3.63, 3.8) is 0 Å². The van der Waals surface area contributed by atoms with Crippen LogP contribution in [-0.4, -0.2) is 54.9 Å². The quantitative estimate of drug-likeness (QED) is 0.295. The Morgan fingerprint density at radius 3 is 2.43 bits per heavy atom. The van der Waals surface area contributed by atoms with Crippen molar-refractivity contribution in [2.75, 3.05) is 25.5 Å². The van der Waals surface area contributed by atoms with Gasteiger partial charge in [-0.05, 0) is 73.8 Å². The number of nitrogens with zero attached hydrogens (tertiary/aromatic N) is 6. The summed E-state index contributed by atoms with van der Waals surface area (Å²) in [4.78, 5) is 44.7. The lowest BCUT2D eigenvalue weighted by atomic mass is 9.68. The molecule has 7 rings (SSSR count). The molecular weight excluding hydrogens is 550 g/mol. The van der Waals surface area contributed by atoms with Gasteiger partial charge in [-0.15, -0.1) is 0 Å². The minimum Gasteiger partial charge on any atom is -0.334 e. The van der Waals surface area contributed by atoms with Crippen molar-refractivity contribution in [2.24, 2.45) is 7.05 Å². The fourth-order valence-corrected chi connectivity index (χ4v) is 7.12. The van der Waals surface area contributed by atoms with E-state index in [0.717, 1.165) is 42.7 Å². The number of pyridine rings is 1. The van der Waals surface area contributed by atoms with Crippen molar-refractivity contribution in [3.05, 3.63) is 100 Å². The molecule has 224 valence electrons. The second kappa shape index (κ2) is 10.8. The molecule has 9 heteroatoms. The number of hydrogen-bond donors (Lipinski definition) is 1. The highest BCUT2D eigenvalue weighted by molar-refractivity contribution is 5.91. The minimum atomic E-state index is -0.760. The molecule has 5 aromatic rings. The maximum absolute atomic E-state index is 14.4. The number of piperidine rings is 1. The number of nitrogens with one attached hydrogen (secondary N) is 1. The highest BCUT2D eigenvalue weighted by Gasteiger charge is 2.44. The molecule has 0 amide bonds. The summed E-state index contributed by atoms with van der Waals surface area (Å²) in [5.74, 6) is 1.44. The first kappa shape index (κ1) is 28.2. The number of imidazole rings is 1. The van der Waals surface area contributed by atoms with Crippen molar-refractivity contribution in [3.8, 4) is 11.4 Å². The zero-order valence-corrected chi connectivity index (χ0v) is 25.6. The molecule has 44 heavy (non-hydrogen) atoms. The van der Waals surface area contributed by atoms with Crippen LogP contribution in [0.5, 0.6) is 0 Å². The van der Waals surface area contributed by atoms with Crippen molar-refractivity contribution in [1.82, 2.24) is 29.0 Å². The van der Waals surface area contributed by atoms with Crippen LogP contribution >= 0.6 is 0 Å². The topological polar surface area (TPSA) is 97.9 Å². The number of Topliss-reactive ketones (excluding diaryl/α,β-unsaturated/α-hetero) is 1. The molecule has 3 aromatic heterocycles. The Morgan fingerprint density at radius 1 is 0.955 bits per heavy atom. The van der Waals surface area contributed by atoms with E-state index in [-0.39, 0.29) is 17.8 Å². The summed E-state index contributed by atoms with van der Waals surface area (Å²) in [7, 11) is 4.03. The zero-order valence-electron chi connectivity index (χ0n) is 25.6. The fourth-order valence-electron chi connectivity index (χ4n) is 7.12. The van der Waals surface area contributed by atoms with E-state index >= 15 is 0 Å².